The molecular formula is C22H18N2O5. The molecule has 0 radical (unpaired) electrons. The number of aromatic nitrogens is 2. The molecule has 0 atom stereocenters. The maximum Gasteiger partial charge on any atom is 0.338 e. The Bertz CT molecular complexity index is 1240. The molecule has 0 amide bonds. The van der Waals surface area contributed by atoms with Gasteiger partial charge >= 0.3 is 11.6 Å². The number of carbonyl (C=O) groups excluding carboxylic acids is 1. The molecule has 4 rings (SSSR count). The number of nitrogens with zero attached hydrogens (tertiary/aromatic N) is 2. The molecule has 2 heterocycles. The van der Waals surface area contributed by atoms with E-state index in [4.69, 9.17) is 13.9 Å². The Labute approximate surface area is 166 Å². The van der Waals surface area contributed by atoms with Crippen molar-refractivity contribution in [2.24, 2.45) is 0 Å². The molecule has 0 spiro atoms. The molecule has 0 aliphatic rings. The highest BCUT2D eigenvalue weighted by molar-refractivity contribution is 5.90. The van der Waals surface area contributed by atoms with E-state index in [9.17, 15) is 9.59 Å². The first kappa shape index (κ1) is 18.5. The number of rotatable bonds is 5. The minimum absolute atomic E-state index is 0.0483. The van der Waals surface area contributed by atoms with E-state index in [1.165, 1.54) is 13.2 Å². The lowest BCUT2D eigenvalue weighted by Crippen LogP contribution is -2.08. The van der Waals surface area contributed by atoms with Crippen LogP contribution in [0.3, 0.4) is 0 Å². The van der Waals surface area contributed by atoms with Crippen LogP contribution in [0.25, 0.3) is 16.7 Å². The third-order valence-corrected chi connectivity index (χ3v) is 4.58. The number of fused-ring (bicyclic) bond motifs is 1. The zero-order valence-corrected chi connectivity index (χ0v) is 15.9. The Hall–Kier alpha value is -3.87. The number of ether oxygens (including phenoxy) is 2. The van der Waals surface area contributed by atoms with E-state index in [0.29, 0.717) is 27.8 Å². The summed E-state index contributed by atoms with van der Waals surface area (Å²) in [4.78, 5) is 24.3. The number of benzene rings is 2. The predicted molar refractivity (Wildman–Crippen MR) is 106 cm³/mol. The van der Waals surface area contributed by atoms with Gasteiger partial charge in [-0.15, -0.1) is 0 Å². The fourth-order valence-corrected chi connectivity index (χ4v) is 3.06. The second-order valence-corrected chi connectivity index (χ2v) is 6.46. The van der Waals surface area contributed by atoms with Gasteiger partial charge in [-0.1, -0.05) is 0 Å². The Morgan fingerprint density at radius 1 is 1.10 bits per heavy atom. The van der Waals surface area contributed by atoms with Gasteiger partial charge in [0, 0.05) is 35.0 Å². The van der Waals surface area contributed by atoms with Gasteiger partial charge in [0.1, 0.15) is 17.9 Å². The standard InChI is InChI=1S/C22H18N2O5/c1-14-9-10-23-24(14)17-5-3-15(4-6-17)22(26)28-13-16-11-21(25)29-20-12-18(27-2)7-8-19(16)20/h3-12H,13H2,1-2H3. The van der Waals surface area contributed by atoms with Crippen LogP contribution >= 0.6 is 0 Å². The molecule has 29 heavy (non-hydrogen) atoms. The van der Waals surface area contributed by atoms with E-state index in [2.05, 4.69) is 5.10 Å². The Morgan fingerprint density at radius 3 is 2.59 bits per heavy atom. The third-order valence-electron chi connectivity index (χ3n) is 4.58. The van der Waals surface area contributed by atoms with Crippen molar-refractivity contribution in [1.82, 2.24) is 9.78 Å². The average Bonchev–Trinajstić information content (AvgIpc) is 3.17. The molecule has 4 aromatic rings. The van der Waals surface area contributed by atoms with E-state index in [-0.39, 0.29) is 6.61 Å². The summed E-state index contributed by atoms with van der Waals surface area (Å²) in [7, 11) is 1.53. The number of hydrogen-bond acceptors (Lipinski definition) is 6. The highest BCUT2D eigenvalue weighted by atomic mass is 16.5. The monoisotopic (exact) mass is 390 g/mol. The van der Waals surface area contributed by atoms with Gasteiger partial charge in [-0.3, -0.25) is 0 Å². The van der Waals surface area contributed by atoms with Gasteiger partial charge < -0.3 is 13.9 Å². The lowest BCUT2D eigenvalue weighted by Gasteiger charge is -2.09. The second-order valence-electron chi connectivity index (χ2n) is 6.46. The van der Waals surface area contributed by atoms with Crippen molar-refractivity contribution in [3.05, 3.63) is 88.0 Å². The highest BCUT2D eigenvalue weighted by Crippen LogP contribution is 2.23. The lowest BCUT2D eigenvalue weighted by molar-refractivity contribution is 0.0474. The van der Waals surface area contributed by atoms with Crippen molar-refractivity contribution in [3.63, 3.8) is 0 Å². The zero-order chi connectivity index (χ0) is 20.4. The van der Waals surface area contributed by atoms with Gasteiger partial charge in [0.25, 0.3) is 0 Å². The number of methoxy groups -OCH3 is 1. The molecule has 2 aromatic heterocycles. The summed E-state index contributed by atoms with van der Waals surface area (Å²) in [6.45, 7) is 1.90. The third kappa shape index (κ3) is 3.75. The molecule has 7 nitrogen and oxygen atoms in total. The van der Waals surface area contributed by atoms with Gasteiger partial charge in [-0.25, -0.2) is 14.3 Å². The summed E-state index contributed by atoms with van der Waals surface area (Å²) >= 11 is 0. The summed E-state index contributed by atoms with van der Waals surface area (Å²) in [6.07, 6.45) is 1.72. The van der Waals surface area contributed by atoms with Crippen molar-refractivity contribution in [2.75, 3.05) is 7.11 Å². The van der Waals surface area contributed by atoms with Crippen molar-refractivity contribution in [3.8, 4) is 11.4 Å². The van der Waals surface area contributed by atoms with Crippen LogP contribution in [0.1, 0.15) is 21.6 Å². The van der Waals surface area contributed by atoms with Gasteiger partial charge in [-0.05, 0) is 49.4 Å². The molecule has 0 N–H and O–H groups in total. The first-order valence-electron chi connectivity index (χ1n) is 8.94. The molecule has 7 heteroatoms. The normalized spacial score (nSPS) is 10.8. The molecule has 0 aliphatic carbocycles. The van der Waals surface area contributed by atoms with Crippen LogP contribution in [0.2, 0.25) is 0 Å². The summed E-state index contributed by atoms with van der Waals surface area (Å²) in [6, 6.07) is 15.3. The minimum Gasteiger partial charge on any atom is -0.497 e. The molecular weight excluding hydrogens is 372 g/mol. The lowest BCUT2D eigenvalue weighted by atomic mass is 10.1. The van der Waals surface area contributed by atoms with E-state index in [0.717, 1.165) is 11.4 Å². The average molecular weight is 390 g/mol. The molecule has 0 fully saturated rings. The van der Waals surface area contributed by atoms with Gasteiger partial charge in [0.15, 0.2) is 0 Å². The second kappa shape index (κ2) is 7.63. The maximum atomic E-state index is 12.4. The topological polar surface area (TPSA) is 83.6 Å². The minimum atomic E-state index is -0.518. The number of hydrogen-bond donors (Lipinski definition) is 0. The molecule has 0 bridgehead atoms. The molecule has 0 saturated carbocycles. The summed E-state index contributed by atoms with van der Waals surface area (Å²) in [5, 5.41) is 4.92. The van der Waals surface area contributed by atoms with Crippen LogP contribution < -0.4 is 10.4 Å². The fraction of sp³-hybridized carbons (Fsp3) is 0.136. The van der Waals surface area contributed by atoms with Gasteiger partial charge in [0.05, 0.1) is 18.4 Å². The van der Waals surface area contributed by atoms with Crippen molar-refractivity contribution < 1.29 is 18.7 Å². The van der Waals surface area contributed by atoms with Crippen LogP contribution in [0, 0.1) is 6.92 Å². The Morgan fingerprint density at radius 2 is 1.90 bits per heavy atom. The fourth-order valence-electron chi connectivity index (χ4n) is 3.06. The SMILES string of the molecule is COc1ccc2c(COC(=O)c3ccc(-n4nccc4C)cc3)cc(=O)oc2c1. The van der Waals surface area contributed by atoms with Gasteiger partial charge in [-0.2, -0.15) is 5.10 Å². The summed E-state index contributed by atoms with van der Waals surface area (Å²) in [5.41, 5.74) is 2.68. The number of aryl methyl sites for hydroxylation is 1. The smallest absolute Gasteiger partial charge is 0.338 e. The summed E-state index contributed by atoms with van der Waals surface area (Å²) < 4.78 is 17.5. The van der Waals surface area contributed by atoms with Crippen molar-refractivity contribution in [1.29, 1.82) is 0 Å². The first-order chi connectivity index (χ1) is 14.0. The largest absolute Gasteiger partial charge is 0.497 e. The Balaban J connectivity index is 1.52. The number of carbonyl (C=O) groups is 1. The summed E-state index contributed by atoms with van der Waals surface area (Å²) in [5.74, 6) is 0.0888. The van der Waals surface area contributed by atoms with E-state index >= 15 is 0 Å². The van der Waals surface area contributed by atoms with Crippen LogP contribution in [0.5, 0.6) is 5.75 Å². The van der Waals surface area contributed by atoms with Crippen LogP contribution in [0.4, 0.5) is 0 Å². The van der Waals surface area contributed by atoms with Crippen LogP contribution in [0.15, 0.2) is 70.0 Å². The molecule has 146 valence electrons. The highest BCUT2D eigenvalue weighted by Gasteiger charge is 2.12. The Kier molecular flexibility index (Phi) is 4.87. The molecule has 0 aliphatic heterocycles. The molecule has 2 aromatic carbocycles. The van der Waals surface area contributed by atoms with Crippen LogP contribution in [-0.2, 0) is 11.3 Å². The quantitative estimate of drug-likeness (QED) is 0.382. The van der Waals surface area contributed by atoms with Crippen LogP contribution in [-0.4, -0.2) is 22.9 Å². The van der Waals surface area contributed by atoms with Crippen molar-refractivity contribution >= 4 is 16.9 Å². The maximum absolute atomic E-state index is 12.4. The number of esters is 1. The van der Waals surface area contributed by atoms with E-state index in [1.807, 2.05) is 13.0 Å². The first-order valence-corrected chi connectivity index (χ1v) is 8.94. The van der Waals surface area contributed by atoms with E-state index in [1.54, 1.807) is 53.3 Å². The van der Waals surface area contributed by atoms with Crippen molar-refractivity contribution in [2.45, 2.75) is 13.5 Å². The molecule has 0 saturated heterocycles. The zero-order valence-electron chi connectivity index (χ0n) is 15.9. The van der Waals surface area contributed by atoms with E-state index < -0.39 is 11.6 Å². The molecule has 0 unspecified atom stereocenters. The van der Waals surface area contributed by atoms with Gasteiger partial charge in [0.2, 0.25) is 0 Å². The predicted octanol–water partition coefficient (Wildman–Crippen LogP) is 3.65.